The van der Waals surface area contributed by atoms with Crippen molar-refractivity contribution >= 4 is 16.5 Å². The molecule has 3 nitrogen and oxygen atoms in total. The molecule has 2 rings (SSSR count). The molecule has 1 heterocycles. The van der Waals surface area contributed by atoms with Crippen LogP contribution in [0.5, 0.6) is 0 Å². The highest BCUT2D eigenvalue weighted by atomic mass is 32.1. The number of hydrogen-bond donors (Lipinski definition) is 1. The van der Waals surface area contributed by atoms with Crippen molar-refractivity contribution < 1.29 is 13.5 Å². The summed E-state index contributed by atoms with van der Waals surface area (Å²) in [7, 11) is 1.61. The third kappa shape index (κ3) is 3.27. The normalized spacial score (nSPS) is 12.4. The zero-order valence-electron chi connectivity index (χ0n) is 10.6. The number of benzene rings is 1. The number of halogens is 2. The van der Waals surface area contributed by atoms with Gasteiger partial charge in [-0.25, -0.2) is 13.8 Å². The fourth-order valence-corrected chi connectivity index (χ4v) is 2.51. The van der Waals surface area contributed by atoms with Gasteiger partial charge in [-0.2, -0.15) is 0 Å². The Morgan fingerprint density at radius 2 is 2.05 bits per heavy atom. The van der Waals surface area contributed by atoms with E-state index in [4.69, 9.17) is 4.74 Å². The Morgan fingerprint density at radius 1 is 1.37 bits per heavy atom. The van der Waals surface area contributed by atoms with Gasteiger partial charge in [-0.15, -0.1) is 11.3 Å². The van der Waals surface area contributed by atoms with Gasteiger partial charge in [0.1, 0.15) is 11.6 Å². The smallest absolute Gasteiger partial charge is 0.183 e. The van der Waals surface area contributed by atoms with Gasteiger partial charge in [0.15, 0.2) is 5.13 Å². The lowest BCUT2D eigenvalue weighted by atomic mass is 10.1. The lowest BCUT2D eigenvalue weighted by Crippen LogP contribution is -2.20. The Balaban J connectivity index is 2.21. The van der Waals surface area contributed by atoms with Crippen molar-refractivity contribution in [3.05, 3.63) is 35.2 Å². The van der Waals surface area contributed by atoms with Crippen LogP contribution in [0.25, 0.3) is 11.3 Å². The van der Waals surface area contributed by atoms with Crippen molar-refractivity contribution in [3.8, 4) is 11.3 Å². The average molecular weight is 284 g/mol. The molecule has 1 aromatic carbocycles. The standard InChI is InChI=1S/C13H14F2N2OS/c1-8(6-18-2)16-13-17-11(7-19-13)12-9(14)4-3-5-10(12)15/h3-5,7-8H,6H2,1-2H3,(H,16,17)/t8-/m1/s1. The summed E-state index contributed by atoms with van der Waals surface area (Å²) in [5.74, 6) is -1.22. The van der Waals surface area contributed by atoms with Gasteiger partial charge in [0.2, 0.25) is 0 Å². The minimum absolute atomic E-state index is 0.0782. The monoisotopic (exact) mass is 284 g/mol. The van der Waals surface area contributed by atoms with E-state index in [1.165, 1.54) is 29.5 Å². The number of aromatic nitrogens is 1. The second kappa shape index (κ2) is 6.08. The van der Waals surface area contributed by atoms with Gasteiger partial charge in [-0.1, -0.05) is 6.07 Å². The van der Waals surface area contributed by atoms with E-state index in [9.17, 15) is 8.78 Å². The molecular weight excluding hydrogens is 270 g/mol. The Morgan fingerprint density at radius 3 is 2.68 bits per heavy atom. The van der Waals surface area contributed by atoms with Gasteiger partial charge in [-0.3, -0.25) is 0 Å². The first kappa shape index (κ1) is 13.9. The first-order valence-electron chi connectivity index (χ1n) is 5.77. The van der Waals surface area contributed by atoms with Gasteiger partial charge in [0.25, 0.3) is 0 Å². The Kier molecular flexibility index (Phi) is 4.44. The maximum atomic E-state index is 13.6. The first-order chi connectivity index (χ1) is 9.11. The summed E-state index contributed by atoms with van der Waals surface area (Å²) >= 11 is 1.30. The number of hydrogen-bond acceptors (Lipinski definition) is 4. The largest absolute Gasteiger partial charge is 0.383 e. The fourth-order valence-electron chi connectivity index (χ4n) is 1.70. The van der Waals surface area contributed by atoms with Crippen LogP contribution < -0.4 is 5.32 Å². The molecule has 0 amide bonds. The molecule has 102 valence electrons. The highest BCUT2D eigenvalue weighted by Gasteiger charge is 2.14. The van der Waals surface area contributed by atoms with Crippen LogP contribution in [0.4, 0.5) is 13.9 Å². The molecule has 0 bridgehead atoms. The number of methoxy groups -OCH3 is 1. The molecular formula is C13H14F2N2OS. The van der Waals surface area contributed by atoms with Gasteiger partial charge in [0.05, 0.1) is 17.9 Å². The van der Waals surface area contributed by atoms with Crippen LogP contribution in [0.1, 0.15) is 6.92 Å². The predicted molar refractivity (Wildman–Crippen MR) is 72.4 cm³/mol. The summed E-state index contributed by atoms with van der Waals surface area (Å²) < 4.78 is 32.2. The summed E-state index contributed by atoms with van der Waals surface area (Å²) in [4.78, 5) is 4.20. The molecule has 0 spiro atoms. The molecule has 0 saturated heterocycles. The van der Waals surface area contributed by atoms with Crippen LogP contribution in [0.15, 0.2) is 23.6 Å². The summed E-state index contributed by atoms with van der Waals surface area (Å²) in [6.45, 7) is 2.47. The molecule has 0 aliphatic carbocycles. The molecule has 19 heavy (non-hydrogen) atoms. The lowest BCUT2D eigenvalue weighted by molar-refractivity contribution is 0.190. The van der Waals surface area contributed by atoms with Gasteiger partial charge < -0.3 is 10.1 Å². The van der Waals surface area contributed by atoms with E-state index in [0.717, 1.165) is 0 Å². The van der Waals surface area contributed by atoms with E-state index in [1.54, 1.807) is 12.5 Å². The van der Waals surface area contributed by atoms with Crippen molar-refractivity contribution in [1.29, 1.82) is 0 Å². The Hall–Kier alpha value is -1.53. The van der Waals surface area contributed by atoms with Crippen LogP contribution in [0, 0.1) is 11.6 Å². The quantitative estimate of drug-likeness (QED) is 0.912. The number of nitrogens with one attached hydrogen (secondary N) is 1. The molecule has 0 radical (unpaired) electrons. The molecule has 0 unspecified atom stereocenters. The number of anilines is 1. The van der Waals surface area contributed by atoms with Crippen molar-refractivity contribution in [2.75, 3.05) is 19.0 Å². The summed E-state index contributed by atoms with van der Waals surface area (Å²) in [6.07, 6.45) is 0. The zero-order valence-corrected chi connectivity index (χ0v) is 11.4. The molecule has 0 aliphatic rings. The van der Waals surface area contributed by atoms with Crippen LogP contribution >= 0.6 is 11.3 Å². The maximum absolute atomic E-state index is 13.6. The zero-order chi connectivity index (χ0) is 13.8. The van der Waals surface area contributed by atoms with E-state index in [-0.39, 0.29) is 11.6 Å². The molecule has 0 fully saturated rings. The summed E-state index contributed by atoms with van der Waals surface area (Å²) in [5, 5.41) is 5.35. The second-order valence-corrected chi connectivity index (χ2v) is 4.99. The van der Waals surface area contributed by atoms with Gasteiger partial charge >= 0.3 is 0 Å². The highest BCUT2D eigenvalue weighted by molar-refractivity contribution is 7.14. The maximum Gasteiger partial charge on any atom is 0.183 e. The lowest BCUT2D eigenvalue weighted by Gasteiger charge is -2.10. The van der Waals surface area contributed by atoms with Crippen LogP contribution in [0.2, 0.25) is 0 Å². The third-order valence-corrected chi connectivity index (χ3v) is 3.28. The van der Waals surface area contributed by atoms with Gasteiger partial charge in [0, 0.05) is 18.5 Å². The molecule has 1 aromatic heterocycles. The molecule has 6 heteroatoms. The van der Waals surface area contributed by atoms with Crippen molar-refractivity contribution in [3.63, 3.8) is 0 Å². The molecule has 2 aromatic rings. The second-order valence-electron chi connectivity index (χ2n) is 4.14. The van der Waals surface area contributed by atoms with E-state index in [1.807, 2.05) is 6.92 Å². The predicted octanol–water partition coefficient (Wildman–Crippen LogP) is 3.54. The van der Waals surface area contributed by atoms with Crippen molar-refractivity contribution in [2.45, 2.75) is 13.0 Å². The highest BCUT2D eigenvalue weighted by Crippen LogP contribution is 2.29. The Labute approximate surface area is 114 Å². The van der Waals surface area contributed by atoms with E-state index in [0.29, 0.717) is 17.4 Å². The SMILES string of the molecule is COC[C@@H](C)Nc1nc(-c2c(F)cccc2F)cs1. The van der Waals surface area contributed by atoms with Crippen LogP contribution in [-0.2, 0) is 4.74 Å². The number of ether oxygens (including phenoxy) is 1. The van der Waals surface area contributed by atoms with Crippen molar-refractivity contribution in [1.82, 2.24) is 4.98 Å². The topological polar surface area (TPSA) is 34.1 Å². The van der Waals surface area contributed by atoms with E-state index >= 15 is 0 Å². The molecule has 0 aliphatic heterocycles. The fraction of sp³-hybridized carbons (Fsp3) is 0.308. The van der Waals surface area contributed by atoms with Crippen molar-refractivity contribution in [2.24, 2.45) is 0 Å². The number of thiazole rings is 1. The van der Waals surface area contributed by atoms with E-state index in [2.05, 4.69) is 10.3 Å². The van der Waals surface area contributed by atoms with Gasteiger partial charge in [-0.05, 0) is 19.1 Å². The van der Waals surface area contributed by atoms with E-state index < -0.39 is 11.6 Å². The first-order valence-corrected chi connectivity index (χ1v) is 6.65. The van der Waals surface area contributed by atoms with Crippen LogP contribution in [-0.4, -0.2) is 24.7 Å². The van der Waals surface area contributed by atoms with Crippen LogP contribution in [0.3, 0.4) is 0 Å². The molecule has 0 saturated carbocycles. The average Bonchev–Trinajstić information content (AvgIpc) is 2.77. The molecule has 1 N–H and O–H groups in total. The minimum atomic E-state index is -0.609. The summed E-state index contributed by atoms with van der Waals surface area (Å²) in [6, 6.07) is 3.85. The molecule has 1 atom stereocenters. The number of nitrogens with zero attached hydrogens (tertiary/aromatic N) is 1. The third-order valence-electron chi connectivity index (χ3n) is 2.51. The minimum Gasteiger partial charge on any atom is -0.383 e. The Bertz CT molecular complexity index is 539. The summed E-state index contributed by atoms with van der Waals surface area (Å²) in [5.41, 5.74) is 0.207. The number of rotatable bonds is 5.